The van der Waals surface area contributed by atoms with Crippen molar-refractivity contribution in [2.75, 3.05) is 38.0 Å². The second kappa shape index (κ2) is 9.68. The zero-order valence-corrected chi connectivity index (χ0v) is 16.8. The summed E-state index contributed by atoms with van der Waals surface area (Å²) < 4.78 is 0. The zero-order valence-electron chi connectivity index (χ0n) is 15.2. The fourth-order valence-electron chi connectivity index (χ4n) is 2.85. The van der Waals surface area contributed by atoms with E-state index in [1.165, 1.54) is 11.3 Å². The molecule has 0 aliphatic carbocycles. The molecule has 146 valence electrons. The molecule has 1 fully saturated rings. The molecule has 7 nitrogen and oxygen atoms in total. The summed E-state index contributed by atoms with van der Waals surface area (Å²) in [6, 6.07) is 7.55. The van der Waals surface area contributed by atoms with Crippen LogP contribution in [0.2, 0.25) is 0 Å². The summed E-state index contributed by atoms with van der Waals surface area (Å²) in [5.74, 6) is -0.0803. The molecule has 9 heteroatoms. The molecule has 2 aromatic rings. The van der Waals surface area contributed by atoms with Crippen LogP contribution in [0.5, 0.6) is 0 Å². The van der Waals surface area contributed by atoms with E-state index in [2.05, 4.69) is 10.3 Å². The highest BCUT2D eigenvalue weighted by molar-refractivity contribution is 7.09. The SMILES string of the molecule is Cc1cccc(NC(=O)N2CCN(C(=O)c3csc(CCN)n3)CC2)c1.Cl. The molecule has 1 aliphatic rings. The molecule has 1 saturated heterocycles. The highest BCUT2D eigenvalue weighted by Crippen LogP contribution is 2.15. The normalized spacial score (nSPS) is 13.9. The lowest BCUT2D eigenvalue weighted by molar-refractivity contribution is 0.0666. The lowest BCUT2D eigenvalue weighted by Crippen LogP contribution is -2.51. The Labute approximate surface area is 169 Å². The van der Waals surface area contributed by atoms with Crippen LogP contribution in [0.1, 0.15) is 21.1 Å². The van der Waals surface area contributed by atoms with Crippen molar-refractivity contribution in [3.05, 3.63) is 45.9 Å². The molecule has 1 aromatic carbocycles. The number of benzene rings is 1. The van der Waals surface area contributed by atoms with Gasteiger partial charge in [-0.2, -0.15) is 0 Å². The number of nitrogens with zero attached hydrogens (tertiary/aromatic N) is 3. The third-order valence-corrected chi connectivity index (χ3v) is 5.16. The minimum atomic E-state index is -0.137. The van der Waals surface area contributed by atoms with Gasteiger partial charge in [-0.05, 0) is 31.2 Å². The summed E-state index contributed by atoms with van der Waals surface area (Å²) in [7, 11) is 0. The monoisotopic (exact) mass is 409 g/mol. The minimum Gasteiger partial charge on any atom is -0.334 e. The van der Waals surface area contributed by atoms with E-state index in [4.69, 9.17) is 5.73 Å². The molecule has 1 aliphatic heterocycles. The van der Waals surface area contributed by atoms with Gasteiger partial charge < -0.3 is 20.9 Å². The number of piperazine rings is 1. The first-order valence-electron chi connectivity index (χ1n) is 8.63. The molecule has 0 saturated carbocycles. The van der Waals surface area contributed by atoms with E-state index in [0.717, 1.165) is 16.3 Å². The molecule has 3 N–H and O–H groups in total. The second-order valence-corrected chi connectivity index (χ2v) is 7.19. The number of amides is 3. The number of hydrogen-bond acceptors (Lipinski definition) is 5. The predicted molar refractivity (Wildman–Crippen MR) is 110 cm³/mol. The van der Waals surface area contributed by atoms with Gasteiger partial charge in [0.25, 0.3) is 5.91 Å². The summed E-state index contributed by atoms with van der Waals surface area (Å²) in [5.41, 5.74) is 7.87. The molecule has 3 amide bonds. The van der Waals surface area contributed by atoms with Crippen LogP contribution in [-0.2, 0) is 6.42 Å². The Bertz CT molecular complexity index is 790. The highest BCUT2D eigenvalue weighted by Gasteiger charge is 2.26. The maximum atomic E-state index is 12.5. The topological polar surface area (TPSA) is 91.6 Å². The van der Waals surface area contributed by atoms with Gasteiger partial charge in [-0.15, -0.1) is 23.7 Å². The van der Waals surface area contributed by atoms with E-state index in [0.29, 0.717) is 44.8 Å². The van der Waals surface area contributed by atoms with E-state index < -0.39 is 0 Å². The van der Waals surface area contributed by atoms with Crippen molar-refractivity contribution in [1.82, 2.24) is 14.8 Å². The first kappa shape index (κ1) is 21.1. The minimum absolute atomic E-state index is 0. The van der Waals surface area contributed by atoms with Crippen LogP contribution >= 0.6 is 23.7 Å². The Morgan fingerprint density at radius 1 is 1.22 bits per heavy atom. The van der Waals surface area contributed by atoms with Gasteiger partial charge in [0.15, 0.2) is 0 Å². The highest BCUT2D eigenvalue weighted by atomic mass is 35.5. The summed E-state index contributed by atoms with van der Waals surface area (Å²) in [6.07, 6.45) is 0.685. The van der Waals surface area contributed by atoms with Gasteiger partial charge in [-0.1, -0.05) is 12.1 Å². The molecule has 0 radical (unpaired) electrons. The number of thiazole rings is 1. The molecule has 0 atom stereocenters. The number of carbonyl (C=O) groups is 2. The number of urea groups is 1. The van der Waals surface area contributed by atoms with E-state index >= 15 is 0 Å². The molecule has 0 spiro atoms. The van der Waals surface area contributed by atoms with Crippen molar-refractivity contribution in [3.63, 3.8) is 0 Å². The summed E-state index contributed by atoms with van der Waals surface area (Å²) >= 11 is 1.46. The summed E-state index contributed by atoms with van der Waals surface area (Å²) in [6.45, 7) is 4.52. The van der Waals surface area contributed by atoms with E-state index in [1.54, 1.807) is 15.2 Å². The average molecular weight is 410 g/mol. The number of rotatable bonds is 4. The van der Waals surface area contributed by atoms with Crippen molar-refractivity contribution in [3.8, 4) is 0 Å². The Hall–Kier alpha value is -2.16. The maximum absolute atomic E-state index is 12.5. The Kier molecular flexibility index (Phi) is 7.58. The van der Waals surface area contributed by atoms with Crippen molar-refractivity contribution in [2.24, 2.45) is 5.73 Å². The number of carbonyl (C=O) groups excluding carboxylic acids is 2. The standard InChI is InChI=1S/C18H23N5O2S.ClH/c1-13-3-2-4-14(11-13)20-18(25)23-9-7-22(8-10-23)17(24)15-12-26-16(21-15)5-6-19;/h2-4,11-12H,5-10,19H2,1H3,(H,20,25);1H. The zero-order chi connectivity index (χ0) is 18.5. The smallest absolute Gasteiger partial charge is 0.321 e. The lowest BCUT2D eigenvalue weighted by Gasteiger charge is -2.34. The molecule has 0 bridgehead atoms. The third-order valence-electron chi connectivity index (χ3n) is 4.25. The van der Waals surface area contributed by atoms with Crippen molar-refractivity contribution < 1.29 is 9.59 Å². The van der Waals surface area contributed by atoms with E-state index in [9.17, 15) is 9.59 Å². The second-order valence-electron chi connectivity index (χ2n) is 6.24. The van der Waals surface area contributed by atoms with E-state index in [1.807, 2.05) is 31.2 Å². The number of aromatic nitrogens is 1. The molecule has 1 aromatic heterocycles. The van der Waals surface area contributed by atoms with Gasteiger partial charge in [0.05, 0.1) is 5.01 Å². The van der Waals surface area contributed by atoms with Gasteiger partial charge in [0, 0.05) is 43.7 Å². The molecule has 0 unspecified atom stereocenters. The Morgan fingerprint density at radius 3 is 2.59 bits per heavy atom. The number of halogens is 1. The van der Waals surface area contributed by atoms with Gasteiger partial charge in [-0.25, -0.2) is 9.78 Å². The molecular formula is C18H24ClN5O2S. The first-order valence-corrected chi connectivity index (χ1v) is 9.51. The predicted octanol–water partition coefficient (Wildman–Crippen LogP) is 2.36. The van der Waals surface area contributed by atoms with Crippen LogP contribution in [0.25, 0.3) is 0 Å². The summed E-state index contributed by atoms with van der Waals surface area (Å²) in [4.78, 5) is 32.8. The van der Waals surface area contributed by atoms with Gasteiger partial charge in [0.1, 0.15) is 5.69 Å². The third kappa shape index (κ3) is 5.41. The van der Waals surface area contributed by atoms with Crippen molar-refractivity contribution in [1.29, 1.82) is 0 Å². The maximum Gasteiger partial charge on any atom is 0.321 e. The number of nitrogens with one attached hydrogen (secondary N) is 1. The number of aryl methyl sites for hydroxylation is 1. The Morgan fingerprint density at radius 2 is 1.93 bits per heavy atom. The molecule has 2 heterocycles. The average Bonchev–Trinajstić information content (AvgIpc) is 3.10. The number of hydrogen-bond donors (Lipinski definition) is 2. The number of anilines is 1. The fraction of sp³-hybridized carbons (Fsp3) is 0.389. The van der Waals surface area contributed by atoms with Crippen LogP contribution in [0.15, 0.2) is 29.6 Å². The fourth-order valence-corrected chi connectivity index (χ4v) is 3.64. The largest absolute Gasteiger partial charge is 0.334 e. The summed E-state index contributed by atoms with van der Waals surface area (Å²) in [5, 5.41) is 5.57. The number of nitrogens with two attached hydrogens (primary N) is 1. The van der Waals surface area contributed by atoms with E-state index in [-0.39, 0.29) is 24.3 Å². The first-order chi connectivity index (χ1) is 12.6. The lowest BCUT2D eigenvalue weighted by atomic mass is 10.2. The van der Waals surface area contributed by atoms with Gasteiger partial charge in [0.2, 0.25) is 0 Å². The molecule has 3 rings (SSSR count). The van der Waals surface area contributed by atoms with Crippen molar-refractivity contribution in [2.45, 2.75) is 13.3 Å². The quantitative estimate of drug-likeness (QED) is 0.810. The van der Waals surface area contributed by atoms with Gasteiger partial charge >= 0.3 is 6.03 Å². The van der Waals surface area contributed by atoms with Crippen molar-refractivity contribution >= 4 is 41.4 Å². The van der Waals surface area contributed by atoms with Crippen LogP contribution in [0, 0.1) is 6.92 Å². The van der Waals surface area contributed by atoms with Gasteiger partial charge in [-0.3, -0.25) is 4.79 Å². The van der Waals surface area contributed by atoms with Crippen LogP contribution in [0.3, 0.4) is 0 Å². The molecule has 27 heavy (non-hydrogen) atoms. The van der Waals surface area contributed by atoms with Crippen LogP contribution in [-0.4, -0.2) is 59.4 Å². The molecular weight excluding hydrogens is 386 g/mol. The Balaban J connectivity index is 0.00000261. The van der Waals surface area contributed by atoms with Crippen LogP contribution in [0.4, 0.5) is 10.5 Å². The van der Waals surface area contributed by atoms with Crippen LogP contribution < -0.4 is 11.1 Å².